The van der Waals surface area contributed by atoms with Crippen molar-refractivity contribution in [3.05, 3.63) is 95.3 Å². The van der Waals surface area contributed by atoms with Crippen molar-refractivity contribution in [3.8, 4) is 5.75 Å². The van der Waals surface area contributed by atoms with Crippen molar-refractivity contribution in [1.29, 1.82) is 0 Å². The fourth-order valence-corrected chi connectivity index (χ4v) is 2.44. The molecule has 0 bridgehead atoms. The Morgan fingerprint density at radius 2 is 1.72 bits per heavy atom. The van der Waals surface area contributed by atoms with E-state index in [-0.39, 0.29) is 5.82 Å². The van der Waals surface area contributed by atoms with Crippen LogP contribution in [0, 0.1) is 5.82 Å². The number of aliphatic imine (C=N–C) groups is 1. The van der Waals surface area contributed by atoms with Crippen LogP contribution in [0.15, 0.2) is 77.8 Å². The predicted molar refractivity (Wildman–Crippen MR) is 100 cm³/mol. The maximum absolute atomic E-state index is 13.2. The second-order valence-electron chi connectivity index (χ2n) is 5.77. The van der Waals surface area contributed by atoms with Crippen molar-refractivity contribution in [2.24, 2.45) is 4.99 Å². The van der Waals surface area contributed by atoms with Crippen molar-refractivity contribution in [2.75, 3.05) is 0 Å². The van der Waals surface area contributed by atoms with E-state index >= 15 is 0 Å². The molecular formula is C22H20FNO. The van der Waals surface area contributed by atoms with Crippen LogP contribution >= 0.6 is 0 Å². The van der Waals surface area contributed by atoms with Crippen LogP contribution in [0.25, 0.3) is 0 Å². The van der Waals surface area contributed by atoms with Gasteiger partial charge in [-0.25, -0.2) is 4.39 Å². The molecular weight excluding hydrogens is 313 g/mol. The molecule has 0 spiro atoms. The van der Waals surface area contributed by atoms with E-state index in [1.165, 1.54) is 17.7 Å². The Labute approximate surface area is 147 Å². The summed E-state index contributed by atoms with van der Waals surface area (Å²) in [5, 5.41) is 0. The van der Waals surface area contributed by atoms with Crippen LogP contribution in [0.5, 0.6) is 5.75 Å². The van der Waals surface area contributed by atoms with E-state index in [0.717, 1.165) is 29.0 Å². The van der Waals surface area contributed by atoms with Gasteiger partial charge in [0.1, 0.15) is 18.2 Å². The van der Waals surface area contributed by atoms with Gasteiger partial charge in [-0.05, 0) is 59.5 Å². The number of ether oxygens (including phenoxy) is 1. The van der Waals surface area contributed by atoms with Gasteiger partial charge in [0.05, 0.1) is 5.69 Å². The van der Waals surface area contributed by atoms with Gasteiger partial charge in [0.15, 0.2) is 0 Å². The average Bonchev–Trinajstić information content (AvgIpc) is 2.65. The number of benzene rings is 3. The molecule has 0 saturated heterocycles. The van der Waals surface area contributed by atoms with E-state index in [1.807, 2.05) is 48.7 Å². The monoisotopic (exact) mass is 333 g/mol. The molecule has 0 aliphatic rings. The minimum Gasteiger partial charge on any atom is -0.489 e. The van der Waals surface area contributed by atoms with Gasteiger partial charge in [-0.3, -0.25) is 4.99 Å². The van der Waals surface area contributed by atoms with E-state index in [0.29, 0.717) is 6.61 Å². The Morgan fingerprint density at radius 1 is 0.920 bits per heavy atom. The Kier molecular flexibility index (Phi) is 5.57. The van der Waals surface area contributed by atoms with Gasteiger partial charge >= 0.3 is 0 Å². The number of hydrogen-bond acceptors (Lipinski definition) is 2. The zero-order valence-electron chi connectivity index (χ0n) is 14.2. The summed E-state index contributed by atoms with van der Waals surface area (Å²) in [5.41, 5.74) is 3.97. The molecule has 3 aromatic carbocycles. The molecule has 0 N–H and O–H groups in total. The lowest BCUT2D eigenvalue weighted by atomic mass is 10.1. The molecule has 0 fully saturated rings. The predicted octanol–water partition coefficient (Wildman–Crippen LogP) is 5.72. The number of nitrogens with zero attached hydrogens (tertiary/aromatic N) is 1. The third-order valence-electron chi connectivity index (χ3n) is 3.86. The molecule has 0 unspecified atom stereocenters. The highest BCUT2D eigenvalue weighted by molar-refractivity contribution is 5.82. The van der Waals surface area contributed by atoms with Crippen molar-refractivity contribution in [2.45, 2.75) is 20.0 Å². The van der Waals surface area contributed by atoms with Crippen LogP contribution in [-0.2, 0) is 13.0 Å². The first-order chi connectivity index (χ1) is 12.2. The van der Waals surface area contributed by atoms with Crippen molar-refractivity contribution < 1.29 is 9.13 Å². The highest BCUT2D eigenvalue weighted by atomic mass is 19.1. The van der Waals surface area contributed by atoms with Crippen LogP contribution < -0.4 is 4.74 Å². The Bertz CT molecular complexity index is 856. The molecule has 0 heterocycles. The van der Waals surface area contributed by atoms with Crippen LogP contribution in [0.2, 0.25) is 0 Å². The summed E-state index contributed by atoms with van der Waals surface area (Å²) in [6.45, 7) is 2.46. The summed E-state index contributed by atoms with van der Waals surface area (Å²) in [6, 6.07) is 22.3. The summed E-state index contributed by atoms with van der Waals surface area (Å²) in [6.07, 6.45) is 2.84. The number of rotatable bonds is 6. The second-order valence-corrected chi connectivity index (χ2v) is 5.77. The highest BCUT2D eigenvalue weighted by Gasteiger charge is 1.99. The molecule has 0 atom stereocenters. The zero-order chi connectivity index (χ0) is 17.5. The molecule has 3 rings (SSSR count). The Morgan fingerprint density at radius 3 is 2.48 bits per heavy atom. The van der Waals surface area contributed by atoms with Gasteiger partial charge in [-0.1, -0.05) is 43.3 Å². The standard InChI is InChI=1S/C22H20FNO/c1-2-17-9-11-21(12-10-17)24-15-18-5-4-8-22(14-18)25-16-19-6-3-7-20(23)13-19/h3-15H,2,16H2,1H3. The Balaban J connectivity index is 1.65. The van der Waals surface area contributed by atoms with Gasteiger partial charge < -0.3 is 4.74 Å². The first kappa shape index (κ1) is 16.9. The maximum atomic E-state index is 13.2. The molecule has 3 aromatic rings. The molecule has 0 radical (unpaired) electrons. The van der Waals surface area contributed by atoms with Gasteiger partial charge in [0.2, 0.25) is 0 Å². The van der Waals surface area contributed by atoms with Crippen LogP contribution in [0.4, 0.5) is 10.1 Å². The summed E-state index contributed by atoms with van der Waals surface area (Å²) >= 11 is 0. The minimum atomic E-state index is -0.254. The van der Waals surface area contributed by atoms with E-state index in [9.17, 15) is 4.39 Å². The van der Waals surface area contributed by atoms with E-state index in [4.69, 9.17) is 4.74 Å². The maximum Gasteiger partial charge on any atom is 0.123 e. The fraction of sp³-hybridized carbons (Fsp3) is 0.136. The second kappa shape index (κ2) is 8.25. The normalized spacial score (nSPS) is 11.0. The highest BCUT2D eigenvalue weighted by Crippen LogP contribution is 2.17. The van der Waals surface area contributed by atoms with Gasteiger partial charge in [0, 0.05) is 6.21 Å². The smallest absolute Gasteiger partial charge is 0.123 e. The summed E-state index contributed by atoms with van der Waals surface area (Å²) in [7, 11) is 0. The summed E-state index contributed by atoms with van der Waals surface area (Å²) in [4.78, 5) is 4.49. The molecule has 0 amide bonds. The SMILES string of the molecule is CCc1ccc(N=Cc2cccc(OCc3cccc(F)c3)c2)cc1. The molecule has 0 aliphatic heterocycles. The van der Waals surface area contributed by atoms with E-state index in [1.54, 1.807) is 6.07 Å². The van der Waals surface area contributed by atoms with E-state index in [2.05, 4.69) is 24.0 Å². The lowest BCUT2D eigenvalue weighted by Gasteiger charge is -2.07. The summed E-state index contributed by atoms with van der Waals surface area (Å²) in [5.74, 6) is 0.477. The van der Waals surface area contributed by atoms with Crippen LogP contribution in [0.1, 0.15) is 23.6 Å². The molecule has 0 saturated carbocycles. The molecule has 0 aromatic heterocycles. The number of halogens is 1. The molecule has 3 heteroatoms. The summed E-state index contributed by atoms with van der Waals surface area (Å²) < 4.78 is 18.9. The van der Waals surface area contributed by atoms with Crippen LogP contribution in [0.3, 0.4) is 0 Å². The molecule has 2 nitrogen and oxygen atoms in total. The van der Waals surface area contributed by atoms with Gasteiger partial charge in [-0.15, -0.1) is 0 Å². The molecule has 126 valence electrons. The van der Waals surface area contributed by atoms with Gasteiger partial charge in [-0.2, -0.15) is 0 Å². The first-order valence-corrected chi connectivity index (χ1v) is 8.33. The fourth-order valence-electron chi connectivity index (χ4n) is 2.44. The zero-order valence-corrected chi connectivity index (χ0v) is 14.2. The third kappa shape index (κ3) is 5.01. The van der Waals surface area contributed by atoms with Gasteiger partial charge in [0.25, 0.3) is 0 Å². The lowest BCUT2D eigenvalue weighted by molar-refractivity contribution is 0.305. The van der Waals surface area contributed by atoms with Crippen molar-refractivity contribution in [1.82, 2.24) is 0 Å². The Hall–Kier alpha value is -2.94. The quantitative estimate of drug-likeness (QED) is 0.529. The largest absolute Gasteiger partial charge is 0.489 e. The lowest BCUT2D eigenvalue weighted by Crippen LogP contribution is -1.96. The average molecular weight is 333 g/mol. The van der Waals surface area contributed by atoms with Crippen molar-refractivity contribution in [3.63, 3.8) is 0 Å². The third-order valence-corrected chi connectivity index (χ3v) is 3.86. The van der Waals surface area contributed by atoms with Crippen molar-refractivity contribution >= 4 is 11.9 Å². The first-order valence-electron chi connectivity index (χ1n) is 8.33. The van der Waals surface area contributed by atoms with Crippen LogP contribution in [-0.4, -0.2) is 6.21 Å². The van der Waals surface area contributed by atoms with E-state index < -0.39 is 0 Å². The number of hydrogen-bond donors (Lipinski definition) is 0. The minimum absolute atomic E-state index is 0.254. The molecule has 0 aliphatic carbocycles. The topological polar surface area (TPSA) is 21.6 Å². The molecule has 25 heavy (non-hydrogen) atoms. The number of aryl methyl sites for hydroxylation is 1.